The normalized spacial score (nSPS) is 28.3. The molecule has 2 saturated heterocycles. The molecule has 2 aliphatic heterocycles. The van der Waals surface area contributed by atoms with Crippen molar-refractivity contribution in [1.82, 2.24) is 10.2 Å². The minimum Gasteiger partial charge on any atom is -0.351 e. The third-order valence-corrected chi connectivity index (χ3v) is 4.37. The lowest BCUT2D eigenvalue weighted by atomic mass is 10.0. The van der Waals surface area contributed by atoms with Crippen molar-refractivity contribution in [3.05, 3.63) is 0 Å². The molecule has 0 radical (unpaired) electrons. The van der Waals surface area contributed by atoms with Crippen molar-refractivity contribution in [2.45, 2.75) is 31.3 Å². The zero-order chi connectivity index (χ0) is 10.7. The van der Waals surface area contributed by atoms with Crippen LogP contribution in [-0.4, -0.2) is 47.6 Å². The maximum atomic E-state index is 10.9. The summed E-state index contributed by atoms with van der Waals surface area (Å²) < 4.78 is 0. The number of primary amides is 1. The number of amides is 2. The molecule has 2 heterocycles. The molecule has 0 spiro atoms. The fourth-order valence-corrected chi connectivity index (χ4v) is 3.43. The number of piperidine rings is 1. The molecule has 4 nitrogen and oxygen atoms in total. The lowest BCUT2D eigenvalue weighted by Gasteiger charge is -2.32. The van der Waals surface area contributed by atoms with E-state index in [-0.39, 0.29) is 6.03 Å². The van der Waals surface area contributed by atoms with E-state index in [1.165, 1.54) is 17.9 Å². The topological polar surface area (TPSA) is 58.4 Å². The number of carbonyl (C=O) groups is 1. The maximum Gasteiger partial charge on any atom is 0.314 e. The molecule has 86 valence electrons. The van der Waals surface area contributed by atoms with Gasteiger partial charge in [0.1, 0.15) is 0 Å². The van der Waals surface area contributed by atoms with Crippen LogP contribution in [0.4, 0.5) is 4.79 Å². The average molecular weight is 229 g/mol. The van der Waals surface area contributed by atoms with Gasteiger partial charge in [-0.1, -0.05) is 0 Å². The SMILES string of the molecule is NC(=O)N1CCC(NC2CCSC2)CC1. The monoisotopic (exact) mass is 229 g/mol. The zero-order valence-electron chi connectivity index (χ0n) is 8.95. The Bertz CT molecular complexity index is 223. The van der Waals surface area contributed by atoms with Gasteiger partial charge in [-0.15, -0.1) is 0 Å². The van der Waals surface area contributed by atoms with Crippen molar-refractivity contribution in [3.8, 4) is 0 Å². The third kappa shape index (κ3) is 3.01. The van der Waals surface area contributed by atoms with Gasteiger partial charge in [0.2, 0.25) is 0 Å². The summed E-state index contributed by atoms with van der Waals surface area (Å²) in [6.07, 6.45) is 3.38. The summed E-state index contributed by atoms with van der Waals surface area (Å²) >= 11 is 2.03. The smallest absolute Gasteiger partial charge is 0.314 e. The quantitative estimate of drug-likeness (QED) is 0.730. The van der Waals surface area contributed by atoms with Crippen LogP contribution in [0, 0.1) is 0 Å². The third-order valence-electron chi connectivity index (χ3n) is 3.21. The van der Waals surface area contributed by atoms with Gasteiger partial charge in [-0.3, -0.25) is 0 Å². The Labute approximate surface area is 94.9 Å². The van der Waals surface area contributed by atoms with Crippen molar-refractivity contribution >= 4 is 17.8 Å². The van der Waals surface area contributed by atoms with Crippen molar-refractivity contribution in [2.75, 3.05) is 24.6 Å². The standard InChI is InChI=1S/C10H19N3OS/c11-10(14)13-4-1-8(2-5-13)12-9-3-6-15-7-9/h8-9,12H,1-7H2,(H2,11,14). The fourth-order valence-electron chi connectivity index (χ4n) is 2.27. The summed E-state index contributed by atoms with van der Waals surface area (Å²) in [5, 5.41) is 3.68. The highest BCUT2D eigenvalue weighted by atomic mass is 32.2. The van der Waals surface area contributed by atoms with E-state index in [1.54, 1.807) is 4.90 Å². The van der Waals surface area contributed by atoms with E-state index in [4.69, 9.17) is 5.73 Å². The van der Waals surface area contributed by atoms with Crippen molar-refractivity contribution in [2.24, 2.45) is 5.73 Å². The van der Waals surface area contributed by atoms with Gasteiger partial charge in [0.05, 0.1) is 0 Å². The second-order valence-corrected chi connectivity index (χ2v) is 5.48. The van der Waals surface area contributed by atoms with E-state index in [9.17, 15) is 4.79 Å². The van der Waals surface area contributed by atoms with Crippen LogP contribution >= 0.6 is 11.8 Å². The van der Waals surface area contributed by atoms with Crippen molar-refractivity contribution < 1.29 is 4.79 Å². The molecular formula is C10H19N3OS. The molecule has 2 aliphatic rings. The van der Waals surface area contributed by atoms with E-state index >= 15 is 0 Å². The van der Waals surface area contributed by atoms with Gasteiger partial charge in [0.25, 0.3) is 0 Å². The second kappa shape index (κ2) is 5.07. The first-order chi connectivity index (χ1) is 7.25. The van der Waals surface area contributed by atoms with Gasteiger partial charge in [0, 0.05) is 30.9 Å². The minimum atomic E-state index is -0.273. The van der Waals surface area contributed by atoms with Crippen LogP contribution in [0.5, 0.6) is 0 Å². The van der Waals surface area contributed by atoms with Gasteiger partial charge in [-0.05, 0) is 25.0 Å². The van der Waals surface area contributed by atoms with Gasteiger partial charge >= 0.3 is 6.03 Å². The minimum absolute atomic E-state index is 0.273. The first-order valence-electron chi connectivity index (χ1n) is 5.64. The van der Waals surface area contributed by atoms with Gasteiger partial charge in [0.15, 0.2) is 0 Å². The highest BCUT2D eigenvalue weighted by molar-refractivity contribution is 7.99. The summed E-state index contributed by atoms with van der Waals surface area (Å²) in [5.41, 5.74) is 5.24. The second-order valence-electron chi connectivity index (χ2n) is 4.33. The number of thioether (sulfide) groups is 1. The summed E-state index contributed by atoms with van der Waals surface area (Å²) in [6, 6.07) is 1.01. The number of nitrogens with two attached hydrogens (primary N) is 1. The largest absolute Gasteiger partial charge is 0.351 e. The van der Waals surface area contributed by atoms with E-state index in [2.05, 4.69) is 5.32 Å². The molecule has 1 atom stereocenters. The molecule has 0 bridgehead atoms. The number of urea groups is 1. The molecule has 0 aliphatic carbocycles. The van der Waals surface area contributed by atoms with Crippen LogP contribution in [0.3, 0.4) is 0 Å². The number of nitrogens with one attached hydrogen (secondary N) is 1. The van der Waals surface area contributed by atoms with E-state index in [0.29, 0.717) is 12.1 Å². The predicted octanol–water partition coefficient (Wildman–Crippen LogP) is 0.625. The lowest BCUT2D eigenvalue weighted by molar-refractivity contribution is 0.183. The first kappa shape index (κ1) is 11.1. The van der Waals surface area contributed by atoms with Crippen LogP contribution < -0.4 is 11.1 Å². The molecule has 1 unspecified atom stereocenters. The zero-order valence-corrected chi connectivity index (χ0v) is 9.76. The fraction of sp³-hybridized carbons (Fsp3) is 0.900. The van der Waals surface area contributed by atoms with E-state index in [1.807, 2.05) is 11.8 Å². The number of hydrogen-bond acceptors (Lipinski definition) is 3. The molecule has 3 N–H and O–H groups in total. The van der Waals surface area contributed by atoms with Crippen LogP contribution in [0.1, 0.15) is 19.3 Å². The Kier molecular flexibility index (Phi) is 3.75. The molecule has 2 amide bonds. The van der Waals surface area contributed by atoms with Crippen LogP contribution in [-0.2, 0) is 0 Å². The Morgan fingerprint density at radius 3 is 2.53 bits per heavy atom. The van der Waals surface area contributed by atoms with Crippen LogP contribution in [0.25, 0.3) is 0 Å². The molecule has 0 aromatic rings. The number of hydrogen-bond donors (Lipinski definition) is 2. The summed E-state index contributed by atoms with van der Waals surface area (Å²) in [6.45, 7) is 1.62. The number of rotatable bonds is 2. The number of nitrogens with zero attached hydrogens (tertiary/aromatic N) is 1. The predicted molar refractivity (Wildman–Crippen MR) is 63.0 cm³/mol. The molecule has 0 aromatic heterocycles. The summed E-state index contributed by atoms with van der Waals surface area (Å²) in [5.74, 6) is 2.54. The molecule has 2 rings (SSSR count). The number of carbonyl (C=O) groups excluding carboxylic acids is 1. The Balaban J connectivity index is 1.71. The highest BCUT2D eigenvalue weighted by Crippen LogP contribution is 2.19. The van der Waals surface area contributed by atoms with Crippen molar-refractivity contribution in [3.63, 3.8) is 0 Å². The molecule has 15 heavy (non-hydrogen) atoms. The van der Waals surface area contributed by atoms with Gasteiger partial charge in [-0.2, -0.15) is 11.8 Å². The molecule has 0 aromatic carbocycles. The molecular weight excluding hydrogens is 210 g/mol. The Hall–Kier alpha value is -0.420. The van der Waals surface area contributed by atoms with E-state index in [0.717, 1.165) is 25.9 Å². The average Bonchev–Trinajstić information content (AvgIpc) is 2.71. The lowest BCUT2D eigenvalue weighted by Crippen LogP contribution is -2.49. The summed E-state index contributed by atoms with van der Waals surface area (Å²) in [4.78, 5) is 12.7. The van der Waals surface area contributed by atoms with Crippen LogP contribution in [0.2, 0.25) is 0 Å². The number of likely N-dealkylation sites (tertiary alicyclic amines) is 1. The van der Waals surface area contributed by atoms with Gasteiger partial charge < -0.3 is 16.0 Å². The summed E-state index contributed by atoms with van der Waals surface area (Å²) in [7, 11) is 0. The molecule has 5 heteroatoms. The molecule has 2 fully saturated rings. The first-order valence-corrected chi connectivity index (χ1v) is 6.79. The Morgan fingerprint density at radius 1 is 1.27 bits per heavy atom. The van der Waals surface area contributed by atoms with E-state index < -0.39 is 0 Å². The Morgan fingerprint density at radius 2 is 2.00 bits per heavy atom. The van der Waals surface area contributed by atoms with Gasteiger partial charge in [-0.25, -0.2) is 4.79 Å². The van der Waals surface area contributed by atoms with Crippen LogP contribution in [0.15, 0.2) is 0 Å². The van der Waals surface area contributed by atoms with Crippen molar-refractivity contribution in [1.29, 1.82) is 0 Å². The maximum absolute atomic E-state index is 10.9. The highest BCUT2D eigenvalue weighted by Gasteiger charge is 2.24. The molecule has 0 saturated carbocycles.